The highest BCUT2D eigenvalue weighted by molar-refractivity contribution is 5.89. The van der Waals surface area contributed by atoms with Crippen LogP contribution in [-0.2, 0) is 17.6 Å². The number of rotatable bonds is 3. The Kier molecular flexibility index (Phi) is 4.32. The minimum absolute atomic E-state index is 0.00979. The van der Waals surface area contributed by atoms with Gasteiger partial charge in [0.2, 0.25) is 0 Å². The third kappa shape index (κ3) is 2.96. The summed E-state index contributed by atoms with van der Waals surface area (Å²) >= 11 is 0. The van der Waals surface area contributed by atoms with Gasteiger partial charge in [-0.1, -0.05) is 36.4 Å². The van der Waals surface area contributed by atoms with E-state index in [9.17, 15) is 10.0 Å². The van der Waals surface area contributed by atoms with E-state index in [1.807, 2.05) is 36.4 Å². The van der Waals surface area contributed by atoms with Crippen LogP contribution >= 0.6 is 0 Å². The van der Waals surface area contributed by atoms with Gasteiger partial charge < -0.3 is 15.0 Å². The second-order valence-electron chi connectivity index (χ2n) is 7.04. The zero-order chi connectivity index (χ0) is 17.4. The van der Waals surface area contributed by atoms with Gasteiger partial charge in [0.25, 0.3) is 0 Å². The molecular formula is C21H22NO3-. The van der Waals surface area contributed by atoms with Gasteiger partial charge in [-0.3, -0.25) is 4.79 Å². The highest BCUT2D eigenvalue weighted by atomic mass is 16.5. The van der Waals surface area contributed by atoms with E-state index in [-0.39, 0.29) is 30.2 Å². The predicted octanol–water partition coefficient (Wildman–Crippen LogP) is 3.34. The Hall–Kier alpha value is -2.17. The molecule has 3 unspecified atom stereocenters. The highest BCUT2D eigenvalue weighted by Gasteiger charge is 2.43. The molecule has 0 amide bonds. The summed E-state index contributed by atoms with van der Waals surface area (Å²) < 4.78 is 5.32. The molecule has 2 aromatic rings. The highest BCUT2D eigenvalue weighted by Crippen LogP contribution is 2.44. The van der Waals surface area contributed by atoms with Crippen LogP contribution < -0.4 is 4.74 Å². The molecule has 2 aromatic carbocycles. The number of ether oxygens (including phenoxy) is 1. The number of Topliss-reactive ketones (excluding diaryl/α,β-unsaturated/α-hetero) is 1. The smallest absolute Gasteiger partial charge is 0.153 e. The zero-order valence-corrected chi connectivity index (χ0v) is 14.4. The Balaban J connectivity index is 1.67. The summed E-state index contributed by atoms with van der Waals surface area (Å²) in [5.74, 6) is 0.801. The van der Waals surface area contributed by atoms with Crippen molar-refractivity contribution in [1.82, 2.24) is 5.06 Å². The lowest BCUT2D eigenvalue weighted by atomic mass is 9.67. The Morgan fingerprint density at radius 2 is 2.00 bits per heavy atom. The van der Waals surface area contributed by atoms with Crippen molar-refractivity contribution in [2.45, 2.75) is 31.2 Å². The van der Waals surface area contributed by atoms with Crippen molar-refractivity contribution in [3.8, 4) is 5.75 Å². The third-order valence-electron chi connectivity index (χ3n) is 5.67. The topological polar surface area (TPSA) is 52.6 Å². The fourth-order valence-electron chi connectivity index (χ4n) is 4.47. The van der Waals surface area contributed by atoms with Crippen LogP contribution in [0, 0.1) is 11.1 Å². The number of hydroxylamine groups is 2. The first-order valence-electron chi connectivity index (χ1n) is 8.84. The number of hydrogen-bond acceptors (Lipinski definition) is 4. The Labute approximate surface area is 148 Å². The second kappa shape index (κ2) is 6.62. The monoisotopic (exact) mass is 336 g/mol. The van der Waals surface area contributed by atoms with Crippen molar-refractivity contribution >= 4 is 5.78 Å². The van der Waals surface area contributed by atoms with E-state index < -0.39 is 0 Å². The first-order valence-corrected chi connectivity index (χ1v) is 8.84. The van der Waals surface area contributed by atoms with Crippen LogP contribution in [0.25, 0.3) is 0 Å². The van der Waals surface area contributed by atoms with Gasteiger partial charge in [-0.15, -0.1) is 0 Å². The Morgan fingerprint density at radius 1 is 1.20 bits per heavy atom. The number of nitrogens with zero attached hydrogens (tertiary/aromatic N) is 1. The molecule has 4 nitrogen and oxygen atoms in total. The average Bonchev–Trinajstić information content (AvgIpc) is 2.64. The summed E-state index contributed by atoms with van der Waals surface area (Å²) in [5.41, 5.74) is 3.43. The Morgan fingerprint density at radius 3 is 2.76 bits per heavy atom. The summed E-state index contributed by atoms with van der Waals surface area (Å²) in [4.78, 5) is 12.7. The molecule has 0 aromatic heterocycles. The van der Waals surface area contributed by atoms with E-state index in [0.717, 1.165) is 34.8 Å². The first-order chi connectivity index (χ1) is 12.2. The van der Waals surface area contributed by atoms with E-state index in [1.165, 1.54) is 5.56 Å². The standard InChI is InChI=1S/C21H22NO3/c1-25-16-8-10-17-15(12-16)7-9-18-19(11-14-5-3-2-4-6-14)22(24)13-20(23)21(17)18/h2-6,8,10,12,18-19,21H,7,9,11,13H2,1H3/q-1. The normalized spacial score (nSPS) is 26.0. The number of hydrogen-bond donors (Lipinski definition) is 0. The molecule has 1 heterocycles. The predicted molar refractivity (Wildman–Crippen MR) is 96.6 cm³/mol. The molecule has 1 aliphatic heterocycles. The Bertz CT molecular complexity index is 774. The van der Waals surface area contributed by atoms with Gasteiger partial charge in [0, 0.05) is 18.5 Å². The third-order valence-corrected chi connectivity index (χ3v) is 5.67. The van der Waals surface area contributed by atoms with Gasteiger partial charge in [0.1, 0.15) is 5.75 Å². The molecule has 130 valence electrons. The molecule has 1 saturated heterocycles. The maximum Gasteiger partial charge on any atom is 0.153 e. The maximum absolute atomic E-state index is 12.7. The van der Waals surface area contributed by atoms with Crippen molar-refractivity contribution in [2.24, 2.45) is 5.92 Å². The number of piperidine rings is 1. The van der Waals surface area contributed by atoms with Gasteiger partial charge in [-0.05, 0) is 54.0 Å². The molecule has 0 N–H and O–H groups in total. The van der Waals surface area contributed by atoms with Crippen LogP contribution in [0.3, 0.4) is 0 Å². The second-order valence-corrected chi connectivity index (χ2v) is 7.04. The number of fused-ring (bicyclic) bond motifs is 3. The number of carbonyl (C=O) groups excluding carboxylic acids is 1. The zero-order valence-electron chi connectivity index (χ0n) is 14.4. The van der Waals surface area contributed by atoms with E-state index >= 15 is 0 Å². The number of benzene rings is 2. The van der Waals surface area contributed by atoms with Crippen molar-refractivity contribution in [2.75, 3.05) is 13.7 Å². The lowest BCUT2D eigenvalue weighted by Crippen LogP contribution is -2.52. The van der Waals surface area contributed by atoms with E-state index in [2.05, 4.69) is 12.1 Å². The van der Waals surface area contributed by atoms with Crippen molar-refractivity contribution < 1.29 is 9.53 Å². The van der Waals surface area contributed by atoms with E-state index in [4.69, 9.17) is 4.74 Å². The minimum atomic E-state index is -0.159. The number of aryl methyl sites for hydroxylation is 1. The van der Waals surface area contributed by atoms with E-state index in [0.29, 0.717) is 6.42 Å². The molecule has 0 spiro atoms. The largest absolute Gasteiger partial charge is 0.785 e. The number of ketones is 1. The van der Waals surface area contributed by atoms with Gasteiger partial charge in [-0.2, -0.15) is 0 Å². The maximum atomic E-state index is 12.7. The molecule has 25 heavy (non-hydrogen) atoms. The lowest BCUT2D eigenvalue weighted by molar-refractivity contribution is -0.127. The molecule has 0 radical (unpaired) electrons. The summed E-state index contributed by atoms with van der Waals surface area (Å²) in [5, 5.41) is 13.6. The van der Waals surface area contributed by atoms with Crippen molar-refractivity contribution in [3.63, 3.8) is 0 Å². The molecule has 0 saturated carbocycles. The summed E-state index contributed by atoms with van der Waals surface area (Å²) in [6, 6.07) is 15.9. The number of carbonyl (C=O) groups is 1. The summed E-state index contributed by atoms with van der Waals surface area (Å²) in [7, 11) is 1.66. The fraction of sp³-hybridized carbons (Fsp3) is 0.381. The van der Waals surface area contributed by atoms with Crippen molar-refractivity contribution in [1.29, 1.82) is 0 Å². The molecular weight excluding hydrogens is 314 g/mol. The van der Waals surface area contributed by atoms with Crippen LogP contribution in [0.1, 0.15) is 29.0 Å². The quantitative estimate of drug-likeness (QED) is 0.863. The average molecular weight is 336 g/mol. The van der Waals surface area contributed by atoms with Crippen molar-refractivity contribution in [3.05, 3.63) is 70.4 Å². The number of methoxy groups -OCH3 is 1. The molecule has 4 rings (SSSR count). The lowest BCUT2D eigenvalue weighted by Gasteiger charge is -2.50. The molecule has 4 heteroatoms. The van der Waals surface area contributed by atoms with Crippen LogP contribution in [0.2, 0.25) is 0 Å². The van der Waals surface area contributed by atoms with Crippen LogP contribution in [0.4, 0.5) is 0 Å². The minimum Gasteiger partial charge on any atom is -0.785 e. The van der Waals surface area contributed by atoms with Crippen LogP contribution in [-0.4, -0.2) is 30.5 Å². The molecule has 2 aliphatic rings. The van der Waals surface area contributed by atoms with Crippen LogP contribution in [0.15, 0.2) is 48.5 Å². The molecule has 3 atom stereocenters. The SMILES string of the molecule is COc1ccc2c(c1)CCC1C2C(=O)CN([O-])C1Cc1ccccc1. The molecule has 0 bridgehead atoms. The van der Waals surface area contributed by atoms with E-state index in [1.54, 1.807) is 7.11 Å². The fourth-order valence-corrected chi connectivity index (χ4v) is 4.47. The van der Waals surface area contributed by atoms with Gasteiger partial charge >= 0.3 is 0 Å². The van der Waals surface area contributed by atoms with Gasteiger partial charge in [0.05, 0.1) is 7.11 Å². The van der Waals surface area contributed by atoms with Crippen LogP contribution in [0.5, 0.6) is 5.75 Å². The van der Waals surface area contributed by atoms with Gasteiger partial charge in [-0.25, -0.2) is 0 Å². The first kappa shape index (κ1) is 16.3. The molecule has 1 aliphatic carbocycles. The van der Waals surface area contributed by atoms with Gasteiger partial charge in [0.15, 0.2) is 5.78 Å². The summed E-state index contributed by atoms with van der Waals surface area (Å²) in [6.07, 6.45) is 2.46. The summed E-state index contributed by atoms with van der Waals surface area (Å²) in [6.45, 7) is -0.00979. The molecule has 1 fully saturated rings.